The molecule has 1 unspecified atom stereocenters. The van der Waals surface area contributed by atoms with E-state index in [1.165, 1.54) is 6.07 Å². The Balaban J connectivity index is 1.76. The van der Waals surface area contributed by atoms with E-state index < -0.39 is 17.1 Å². The van der Waals surface area contributed by atoms with Gasteiger partial charge >= 0.3 is 6.18 Å². The quantitative estimate of drug-likeness (QED) is 0.327. The van der Waals surface area contributed by atoms with Crippen LogP contribution in [0.25, 0.3) is 0 Å². The first-order valence-electron chi connectivity index (χ1n) is 8.05. The number of amides is 1. The minimum Gasteiger partial charge on any atom is -0.360 e. The number of carbonyl (C=O) groups excluding carboxylic acids is 1. The summed E-state index contributed by atoms with van der Waals surface area (Å²) in [7, 11) is 0. The molecule has 2 aromatic rings. The Kier molecular flexibility index (Phi) is 8.09. The summed E-state index contributed by atoms with van der Waals surface area (Å²) in [6, 6.07) is 11.8. The molecule has 150 valence electrons. The molecular weight excluding hydrogens is 479 g/mol. The van der Waals surface area contributed by atoms with Crippen LogP contribution in [0.4, 0.5) is 13.2 Å². The predicted octanol–water partition coefficient (Wildman–Crippen LogP) is 4.43. The zero-order chi connectivity index (χ0) is 20.7. The van der Waals surface area contributed by atoms with Crippen LogP contribution in [-0.4, -0.2) is 22.9 Å². The molecule has 0 aromatic heterocycles. The number of rotatable bonds is 5. The van der Waals surface area contributed by atoms with Gasteiger partial charge in [0.1, 0.15) is 0 Å². The van der Waals surface area contributed by atoms with E-state index in [1.54, 1.807) is 30.3 Å². The summed E-state index contributed by atoms with van der Waals surface area (Å²) in [5, 5.41) is 2.45. The SMILES string of the molecule is O=C(NNC(=S)NCC(Cl)Cc1cccc(C(F)(F)F)c1)c1ccc(Br)cc1. The molecule has 0 fully saturated rings. The van der Waals surface area contributed by atoms with Crippen molar-refractivity contribution in [3.63, 3.8) is 0 Å². The average Bonchev–Trinajstić information content (AvgIpc) is 2.64. The van der Waals surface area contributed by atoms with E-state index in [0.717, 1.165) is 16.6 Å². The second-order valence-corrected chi connectivity index (χ2v) is 7.74. The van der Waals surface area contributed by atoms with Crippen molar-refractivity contribution in [1.29, 1.82) is 0 Å². The standard InChI is InChI=1S/C18H16BrClF3N3OS/c19-14-6-4-12(5-7-14)16(27)25-26-17(28)24-10-15(20)9-11-2-1-3-13(8-11)18(21,22)23/h1-8,15H,9-10H2,(H,25,27)(H2,24,26,28). The van der Waals surface area contributed by atoms with E-state index in [9.17, 15) is 18.0 Å². The first kappa shape index (κ1) is 22.4. The van der Waals surface area contributed by atoms with Gasteiger partial charge in [0.05, 0.1) is 10.9 Å². The van der Waals surface area contributed by atoms with Gasteiger partial charge in [-0.05, 0) is 54.5 Å². The van der Waals surface area contributed by atoms with E-state index in [2.05, 4.69) is 32.1 Å². The number of benzene rings is 2. The summed E-state index contributed by atoms with van der Waals surface area (Å²) in [4.78, 5) is 12.0. The summed E-state index contributed by atoms with van der Waals surface area (Å²) in [6.07, 6.45) is -4.17. The number of halogens is 5. The number of hydrogen-bond donors (Lipinski definition) is 3. The molecule has 0 aliphatic carbocycles. The fourth-order valence-corrected chi connectivity index (χ4v) is 2.89. The van der Waals surface area contributed by atoms with Gasteiger partial charge in [0.25, 0.3) is 5.91 Å². The van der Waals surface area contributed by atoms with Crippen molar-refractivity contribution >= 4 is 50.8 Å². The molecule has 0 saturated carbocycles. The third kappa shape index (κ3) is 7.29. The van der Waals surface area contributed by atoms with Crippen molar-refractivity contribution in [2.45, 2.75) is 18.0 Å². The van der Waals surface area contributed by atoms with Gasteiger partial charge in [-0.25, -0.2) is 0 Å². The third-order valence-electron chi connectivity index (χ3n) is 3.59. The number of alkyl halides is 4. The van der Waals surface area contributed by atoms with Gasteiger partial charge in [0.15, 0.2) is 5.11 Å². The third-order valence-corrected chi connectivity index (χ3v) is 4.68. The molecule has 0 bridgehead atoms. The smallest absolute Gasteiger partial charge is 0.360 e. The van der Waals surface area contributed by atoms with Crippen LogP contribution in [0, 0.1) is 0 Å². The zero-order valence-corrected chi connectivity index (χ0v) is 17.5. The van der Waals surface area contributed by atoms with Gasteiger partial charge in [-0.3, -0.25) is 15.6 Å². The Bertz CT molecular complexity index is 834. The Hall–Kier alpha value is -1.84. The van der Waals surface area contributed by atoms with Crippen LogP contribution in [0.2, 0.25) is 0 Å². The van der Waals surface area contributed by atoms with Gasteiger partial charge in [-0.1, -0.05) is 34.1 Å². The number of hydrazine groups is 1. The molecule has 2 rings (SSSR count). The Morgan fingerprint density at radius 2 is 1.82 bits per heavy atom. The largest absolute Gasteiger partial charge is 0.416 e. The highest BCUT2D eigenvalue weighted by atomic mass is 79.9. The van der Waals surface area contributed by atoms with Gasteiger partial charge in [-0.2, -0.15) is 13.2 Å². The summed E-state index contributed by atoms with van der Waals surface area (Å²) in [6.45, 7) is 0.206. The molecular formula is C18H16BrClF3N3OS. The molecule has 0 saturated heterocycles. The van der Waals surface area contributed by atoms with Crippen LogP contribution in [0.3, 0.4) is 0 Å². The van der Waals surface area contributed by atoms with Crippen LogP contribution in [0.15, 0.2) is 53.0 Å². The maximum atomic E-state index is 12.7. The molecule has 3 N–H and O–H groups in total. The molecule has 4 nitrogen and oxygen atoms in total. The minimum atomic E-state index is -4.39. The number of thiocarbonyl (C=S) groups is 1. The highest BCUT2D eigenvalue weighted by molar-refractivity contribution is 9.10. The maximum absolute atomic E-state index is 12.7. The van der Waals surface area contributed by atoms with Crippen LogP contribution in [0.5, 0.6) is 0 Å². The lowest BCUT2D eigenvalue weighted by molar-refractivity contribution is -0.137. The molecule has 10 heteroatoms. The van der Waals surface area contributed by atoms with Gasteiger partial charge < -0.3 is 5.32 Å². The predicted molar refractivity (Wildman–Crippen MR) is 110 cm³/mol. The fourth-order valence-electron chi connectivity index (χ4n) is 2.24. The Morgan fingerprint density at radius 3 is 2.46 bits per heavy atom. The highest BCUT2D eigenvalue weighted by Gasteiger charge is 2.30. The van der Waals surface area contributed by atoms with E-state index >= 15 is 0 Å². The lowest BCUT2D eigenvalue weighted by Crippen LogP contribution is -2.48. The monoisotopic (exact) mass is 493 g/mol. The second-order valence-electron chi connectivity index (χ2n) is 5.80. The van der Waals surface area contributed by atoms with Gasteiger partial charge in [0.2, 0.25) is 0 Å². The Labute approximate surface area is 178 Å². The lowest BCUT2D eigenvalue weighted by atomic mass is 10.1. The number of nitrogens with one attached hydrogen (secondary N) is 3. The number of carbonyl (C=O) groups is 1. The first-order valence-corrected chi connectivity index (χ1v) is 9.69. The van der Waals surface area contributed by atoms with E-state index in [4.69, 9.17) is 23.8 Å². The topological polar surface area (TPSA) is 53.2 Å². The zero-order valence-electron chi connectivity index (χ0n) is 14.3. The normalized spacial score (nSPS) is 12.2. The summed E-state index contributed by atoms with van der Waals surface area (Å²) in [5.74, 6) is -0.372. The van der Waals surface area contributed by atoms with Crippen molar-refractivity contribution in [2.24, 2.45) is 0 Å². The second kappa shape index (κ2) is 10.1. The van der Waals surface area contributed by atoms with E-state index in [0.29, 0.717) is 11.1 Å². The van der Waals surface area contributed by atoms with Crippen molar-refractivity contribution in [3.05, 3.63) is 69.7 Å². The molecule has 0 spiro atoms. The molecule has 0 aliphatic heterocycles. The first-order chi connectivity index (χ1) is 13.1. The van der Waals surface area contributed by atoms with Crippen molar-refractivity contribution in [1.82, 2.24) is 16.2 Å². The molecule has 2 aromatic carbocycles. The van der Waals surface area contributed by atoms with E-state index in [1.807, 2.05) is 0 Å². The van der Waals surface area contributed by atoms with Crippen LogP contribution in [-0.2, 0) is 12.6 Å². The van der Waals surface area contributed by atoms with Crippen molar-refractivity contribution < 1.29 is 18.0 Å². The highest BCUT2D eigenvalue weighted by Crippen LogP contribution is 2.29. The summed E-state index contributed by atoms with van der Waals surface area (Å²) in [5.41, 5.74) is 5.19. The maximum Gasteiger partial charge on any atom is 0.416 e. The average molecular weight is 495 g/mol. The Morgan fingerprint density at radius 1 is 1.14 bits per heavy atom. The molecule has 0 heterocycles. The fraction of sp³-hybridized carbons (Fsp3) is 0.222. The van der Waals surface area contributed by atoms with Crippen molar-refractivity contribution in [2.75, 3.05) is 6.54 Å². The van der Waals surface area contributed by atoms with Gasteiger partial charge in [-0.15, -0.1) is 11.6 Å². The summed E-state index contributed by atoms with van der Waals surface area (Å²) >= 11 is 14.5. The molecule has 1 atom stereocenters. The molecule has 28 heavy (non-hydrogen) atoms. The minimum absolute atomic E-state index is 0.139. The van der Waals surface area contributed by atoms with Crippen LogP contribution >= 0.6 is 39.7 Å². The van der Waals surface area contributed by atoms with Crippen LogP contribution < -0.4 is 16.2 Å². The van der Waals surface area contributed by atoms with Crippen molar-refractivity contribution in [3.8, 4) is 0 Å². The summed E-state index contributed by atoms with van der Waals surface area (Å²) < 4.78 is 39.1. The molecule has 0 radical (unpaired) electrons. The molecule has 1 amide bonds. The lowest BCUT2D eigenvalue weighted by Gasteiger charge is -2.15. The van der Waals surface area contributed by atoms with Gasteiger partial charge in [0, 0.05) is 16.6 Å². The number of hydrogen-bond acceptors (Lipinski definition) is 2. The van der Waals surface area contributed by atoms with Crippen LogP contribution in [0.1, 0.15) is 21.5 Å². The van der Waals surface area contributed by atoms with E-state index in [-0.39, 0.29) is 24.0 Å². The molecule has 0 aliphatic rings.